The number of carbonyl (C=O) groups is 3. The highest BCUT2D eigenvalue weighted by Crippen LogP contribution is 2.60. The van der Waals surface area contributed by atoms with Crippen molar-refractivity contribution in [2.24, 2.45) is 39.9 Å². The Hall–Kier alpha value is -3.03. The van der Waals surface area contributed by atoms with Crippen LogP contribution in [0.15, 0.2) is 30.0 Å². The van der Waals surface area contributed by atoms with Crippen LogP contribution < -0.4 is 14.8 Å². The summed E-state index contributed by atoms with van der Waals surface area (Å²) in [4.78, 5) is 43.2. The Kier molecular flexibility index (Phi) is 8.25. The predicted molar refractivity (Wildman–Crippen MR) is 167 cm³/mol. The Morgan fingerprint density at radius 2 is 1.61 bits per heavy atom. The summed E-state index contributed by atoms with van der Waals surface area (Å²) in [6, 6.07) is 5.76. The highest BCUT2D eigenvalue weighted by atomic mass is 16.5. The first kappa shape index (κ1) is 31.0. The third kappa shape index (κ3) is 5.74. The van der Waals surface area contributed by atoms with Gasteiger partial charge in [-0.15, -0.1) is 0 Å². The molecule has 240 valence electrons. The van der Waals surface area contributed by atoms with Crippen molar-refractivity contribution in [2.45, 2.75) is 84.5 Å². The van der Waals surface area contributed by atoms with Gasteiger partial charge in [0.15, 0.2) is 11.5 Å². The molecule has 2 amide bonds. The van der Waals surface area contributed by atoms with Crippen molar-refractivity contribution in [1.82, 2.24) is 10.2 Å². The normalized spacial score (nSPS) is 33.3. The smallest absolute Gasteiger partial charge is 0.317 e. The molecule has 5 fully saturated rings. The zero-order valence-corrected chi connectivity index (χ0v) is 27.2. The average molecular weight is 607 g/mol. The van der Waals surface area contributed by atoms with Crippen LogP contribution in [0.1, 0.15) is 83.6 Å². The minimum atomic E-state index is -0.965. The van der Waals surface area contributed by atoms with Crippen LogP contribution in [0.25, 0.3) is 0 Å². The number of amides is 2. The maximum Gasteiger partial charge on any atom is 0.317 e. The molecular formula is C36H50N2O6. The molecule has 1 aromatic carbocycles. The number of likely N-dealkylation sites (tertiary alicyclic amines) is 1. The Balaban J connectivity index is 1.22. The van der Waals surface area contributed by atoms with Crippen LogP contribution in [0.3, 0.4) is 0 Å². The van der Waals surface area contributed by atoms with Gasteiger partial charge in [-0.2, -0.15) is 0 Å². The average Bonchev–Trinajstić information content (AvgIpc) is 2.98. The molecule has 1 saturated heterocycles. The van der Waals surface area contributed by atoms with Gasteiger partial charge in [-0.1, -0.05) is 26.0 Å². The fourth-order valence-corrected chi connectivity index (χ4v) is 10.2. The maximum absolute atomic E-state index is 14.2. The molecule has 1 aromatic rings. The Morgan fingerprint density at radius 3 is 2.23 bits per heavy atom. The van der Waals surface area contributed by atoms with Crippen molar-refractivity contribution < 1.29 is 28.6 Å². The zero-order valence-electron chi connectivity index (χ0n) is 27.2. The third-order valence-electron chi connectivity index (χ3n) is 11.5. The predicted octanol–water partition coefficient (Wildman–Crippen LogP) is 5.68. The number of ether oxygens (including phenoxy) is 3. The lowest BCUT2D eigenvalue weighted by Crippen LogP contribution is -2.56. The number of benzene rings is 1. The molecule has 8 heteroatoms. The highest BCUT2D eigenvalue weighted by molar-refractivity contribution is 5.92. The summed E-state index contributed by atoms with van der Waals surface area (Å²) in [6.45, 7) is 5.41. The van der Waals surface area contributed by atoms with E-state index >= 15 is 0 Å². The van der Waals surface area contributed by atoms with Gasteiger partial charge >= 0.3 is 5.97 Å². The summed E-state index contributed by atoms with van der Waals surface area (Å²) >= 11 is 0. The van der Waals surface area contributed by atoms with Gasteiger partial charge in [0.1, 0.15) is 5.41 Å². The molecule has 0 radical (unpaired) electrons. The van der Waals surface area contributed by atoms with Gasteiger partial charge in [-0.3, -0.25) is 14.4 Å². The monoisotopic (exact) mass is 606 g/mol. The number of allylic oxidation sites excluding steroid dienone is 1. The van der Waals surface area contributed by atoms with Crippen molar-refractivity contribution in [3.8, 4) is 11.5 Å². The number of nitrogens with zero attached hydrogens (tertiary/aromatic N) is 1. The summed E-state index contributed by atoms with van der Waals surface area (Å²) in [5.41, 5.74) is 0.847. The number of nitrogens with one attached hydrogen (secondary N) is 1. The molecule has 8 nitrogen and oxygen atoms in total. The van der Waals surface area contributed by atoms with Crippen LogP contribution in [0.5, 0.6) is 11.5 Å². The van der Waals surface area contributed by atoms with E-state index in [1.54, 1.807) is 19.1 Å². The molecule has 5 aliphatic carbocycles. The number of fused-ring (bicyclic) bond motifs is 1. The Bertz CT molecular complexity index is 1300. The SMILES string of the molecule is COC(=O)[C@@]12C[C@H](CC(=O)NCC34CC5CC(CC(C5)C3)C4)C(=O)N(CCc3ccc(OC)c(OC)c3)C1=CCC(C)(C)C2. The van der Waals surface area contributed by atoms with Crippen LogP contribution in [-0.4, -0.2) is 57.1 Å². The first-order valence-electron chi connectivity index (χ1n) is 16.6. The van der Waals surface area contributed by atoms with Crippen molar-refractivity contribution in [1.29, 1.82) is 0 Å². The van der Waals surface area contributed by atoms with Gasteiger partial charge < -0.3 is 24.4 Å². The van der Waals surface area contributed by atoms with E-state index in [0.29, 0.717) is 43.9 Å². The molecule has 44 heavy (non-hydrogen) atoms. The van der Waals surface area contributed by atoms with E-state index in [1.165, 1.54) is 45.6 Å². The zero-order chi connectivity index (χ0) is 31.3. The lowest BCUT2D eigenvalue weighted by molar-refractivity contribution is -0.162. The van der Waals surface area contributed by atoms with Gasteiger partial charge in [0.2, 0.25) is 11.8 Å². The Labute approximate surface area is 262 Å². The van der Waals surface area contributed by atoms with Crippen LogP contribution in [0, 0.1) is 39.9 Å². The second kappa shape index (κ2) is 11.7. The van der Waals surface area contributed by atoms with Gasteiger partial charge in [0.25, 0.3) is 0 Å². The topological polar surface area (TPSA) is 94.2 Å². The fourth-order valence-electron chi connectivity index (χ4n) is 10.2. The molecule has 7 rings (SSSR count). The summed E-state index contributed by atoms with van der Waals surface area (Å²) in [5.74, 6) is 2.65. The molecule has 2 atom stereocenters. The van der Waals surface area contributed by atoms with E-state index in [-0.39, 0.29) is 35.0 Å². The lowest BCUT2D eigenvalue weighted by Gasteiger charge is -2.57. The minimum absolute atomic E-state index is 0.0820. The fraction of sp³-hybridized carbons (Fsp3) is 0.694. The van der Waals surface area contributed by atoms with E-state index in [9.17, 15) is 14.4 Å². The number of carbonyl (C=O) groups excluding carboxylic acids is 3. The first-order chi connectivity index (χ1) is 21.0. The van der Waals surface area contributed by atoms with E-state index in [1.807, 2.05) is 18.2 Å². The van der Waals surface area contributed by atoms with Crippen molar-refractivity contribution in [3.63, 3.8) is 0 Å². The first-order valence-corrected chi connectivity index (χ1v) is 16.6. The molecule has 0 aromatic heterocycles. The second-order valence-electron chi connectivity index (χ2n) is 15.4. The molecule has 1 heterocycles. The second-order valence-corrected chi connectivity index (χ2v) is 15.4. The van der Waals surface area contributed by atoms with E-state index < -0.39 is 11.3 Å². The molecule has 6 aliphatic rings. The standard InChI is InChI=1S/C36H50N2O6/c1-34(2)10-8-30-36(21-34,33(41)44-5)20-27(32(40)38(30)11-9-23-6-7-28(42-3)29(15-23)43-4)16-31(39)37-22-35-17-24-12-25(18-35)14-26(13-24)19-35/h6-8,15,24-27H,9-14,16-22H2,1-5H3,(H,37,39)/t24?,25?,26?,27-,35?,36+/m0/s1. The quantitative estimate of drug-likeness (QED) is 0.345. The molecule has 1 aliphatic heterocycles. The van der Waals surface area contributed by atoms with E-state index in [0.717, 1.165) is 35.4 Å². The molecule has 0 spiro atoms. The van der Waals surface area contributed by atoms with Gasteiger partial charge in [0, 0.05) is 31.1 Å². The Morgan fingerprint density at radius 1 is 0.955 bits per heavy atom. The van der Waals surface area contributed by atoms with E-state index in [2.05, 4.69) is 25.2 Å². The van der Waals surface area contributed by atoms with Crippen molar-refractivity contribution in [2.75, 3.05) is 34.4 Å². The minimum Gasteiger partial charge on any atom is -0.493 e. The van der Waals surface area contributed by atoms with Crippen LogP contribution in [-0.2, 0) is 25.5 Å². The molecule has 0 unspecified atom stereocenters. The van der Waals surface area contributed by atoms with Crippen LogP contribution >= 0.6 is 0 Å². The number of rotatable bonds is 10. The number of esters is 1. The molecular weight excluding hydrogens is 556 g/mol. The third-order valence-corrected chi connectivity index (χ3v) is 11.5. The highest BCUT2D eigenvalue weighted by Gasteiger charge is 2.57. The van der Waals surface area contributed by atoms with Gasteiger partial charge in [-0.25, -0.2) is 0 Å². The van der Waals surface area contributed by atoms with Gasteiger partial charge in [-0.05, 0) is 110 Å². The number of hydrogen-bond donors (Lipinski definition) is 1. The molecule has 1 N–H and O–H groups in total. The molecule has 4 bridgehead atoms. The largest absolute Gasteiger partial charge is 0.493 e. The van der Waals surface area contributed by atoms with Crippen LogP contribution in [0.2, 0.25) is 0 Å². The number of piperidine rings is 1. The lowest BCUT2D eigenvalue weighted by atomic mass is 9.49. The van der Waals surface area contributed by atoms with Crippen molar-refractivity contribution in [3.05, 3.63) is 35.5 Å². The maximum atomic E-state index is 14.2. The van der Waals surface area contributed by atoms with E-state index in [4.69, 9.17) is 14.2 Å². The number of methoxy groups -OCH3 is 3. The summed E-state index contributed by atoms with van der Waals surface area (Å²) in [6.07, 6.45) is 12.1. The summed E-state index contributed by atoms with van der Waals surface area (Å²) < 4.78 is 16.3. The van der Waals surface area contributed by atoms with Crippen molar-refractivity contribution >= 4 is 17.8 Å². The van der Waals surface area contributed by atoms with Gasteiger partial charge in [0.05, 0.1) is 21.3 Å². The van der Waals surface area contributed by atoms with Crippen LogP contribution in [0.4, 0.5) is 0 Å². The summed E-state index contributed by atoms with van der Waals surface area (Å²) in [7, 11) is 4.63. The summed E-state index contributed by atoms with van der Waals surface area (Å²) in [5, 5.41) is 3.28. The molecule has 4 saturated carbocycles. The number of hydrogen-bond acceptors (Lipinski definition) is 6.